The van der Waals surface area contributed by atoms with E-state index in [9.17, 15) is 29.3 Å². The Hall–Kier alpha value is -4.91. The molecular formula is C31H28N4O8S. The van der Waals surface area contributed by atoms with Gasteiger partial charge in [-0.25, -0.2) is 9.59 Å². The number of carbonyl (C=O) groups excluding carboxylic acids is 4. The van der Waals surface area contributed by atoms with E-state index in [0.717, 1.165) is 5.56 Å². The number of nitro groups is 1. The molecule has 3 amide bonds. The molecule has 0 aromatic heterocycles. The SMILES string of the molecule is CC12C[C@]1(C(=O)OCc1ccc([N+](=O)[O-])cc1)N1C(=O)[C@@H](NC(=O)Cc3ccccc3NC(=O)OCc3ccccc3)[C@H]1S2. The number of benzene rings is 3. The van der Waals surface area contributed by atoms with Crippen LogP contribution in [-0.4, -0.2) is 55.4 Å². The van der Waals surface area contributed by atoms with Crippen LogP contribution in [0.5, 0.6) is 0 Å². The molecule has 1 aliphatic carbocycles. The van der Waals surface area contributed by atoms with Gasteiger partial charge in [-0.3, -0.25) is 25.0 Å². The van der Waals surface area contributed by atoms with Crippen molar-refractivity contribution in [3.63, 3.8) is 0 Å². The summed E-state index contributed by atoms with van der Waals surface area (Å²) in [5.41, 5.74) is 1.21. The normalized spacial score (nSPS) is 24.3. The fraction of sp³-hybridized carbons (Fsp3) is 0.290. The summed E-state index contributed by atoms with van der Waals surface area (Å²) in [6, 6.07) is 21.0. The first-order valence-corrected chi connectivity index (χ1v) is 14.8. The van der Waals surface area contributed by atoms with E-state index < -0.39 is 44.6 Å². The summed E-state index contributed by atoms with van der Waals surface area (Å²) in [6.07, 6.45) is -0.311. The number of anilines is 1. The molecule has 2 heterocycles. The predicted octanol–water partition coefficient (Wildman–Crippen LogP) is 3.93. The van der Waals surface area contributed by atoms with Crippen LogP contribution in [0.15, 0.2) is 78.9 Å². The molecule has 44 heavy (non-hydrogen) atoms. The van der Waals surface area contributed by atoms with Gasteiger partial charge >= 0.3 is 12.1 Å². The molecule has 2 aliphatic heterocycles. The zero-order valence-electron chi connectivity index (χ0n) is 23.6. The van der Waals surface area contributed by atoms with Gasteiger partial charge in [-0.2, -0.15) is 0 Å². The first kappa shape index (κ1) is 29.2. The van der Waals surface area contributed by atoms with E-state index in [1.165, 1.54) is 40.9 Å². The first-order valence-electron chi connectivity index (χ1n) is 13.9. The van der Waals surface area contributed by atoms with Crippen molar-refractivity contribution in [1.82, 2.24) is 10.2 Å². The third kappa shape index (κ3) is 5.23. The minimum atomic E-state index is -1.11. The lowest BCUT2D eigenvalue weighted by Crippen LogP contribution is -2.72. The van der Waals surface area contributed by atoms with Crippen LogP contribution in [0.25, 0.3) is 0 Å². The molecule has 0 bridgehead atoms. The van der Waals surface area contributed by atoms with Crippen molar-refractivity contribution >= 4 is 47.0 Å². The molecular weight excluding hydrogens is 588 g/mol. The number of thioether (sulfide) groups is 1. The van der Waals surface area contributed by atoms with Gasteiger partial charge in [0, 0.05) is 24.2 Å². The van der Waals surface area contributed by atoms with E-state index in [1.54, 1.807) is 24.3 Å². The Balaban J connectivity index is 1.04. The van der Waals surface area contributed by atoms with Gasteiger partial charge in [0.2, 0.25) is 11.8 Å². The van der Waals surface area contributed by atoms with Crippen molar-refractivity contribution in [1.29, 1.82) is 0 Å². The highest BCUT2D eigenvalue weighted by Gasteiger charge is 2.85. The van der Waals surface area contributed by atoms with Crippen LogP contribution in [0.1, 0.15) is 30.0 Å². The van der Waals surface area contributed by atoms with E-state index in [-0.39, 0.29) is 31.2 Å². The number of amides is 3. The number of ether oxygens (including phenoxy) is 2. The molecule has 0 radical (unpaired) electrons. The monoisotopic (exact) mass is 616 g/mol. The number of rotatable bonds is 10. The Labute approximate surface area is 256 Å². The molecule has 0 spiro atoms. The largest absolute Gasteiger partial charge is 0.459 e. The Kier molecular flexibility index (Phi) is 7.49. The molecule has 3 fully saturated rings. The van der Waals surface area contributed by atoms with Gasteiger partial charge in [0.1, 0.15) is 24.6 Å². The predicted molar refractivity (Wildman–Crippen MR) is 159 cm³/mol. The summed E-state index contributed by atoms with van der Waals surface area (Å²) in [5, 5.41) is 15.9. The van der Waals surface area contributed by atoms with Gasteiger partial charge in [-0.15, -0.1) is 11.8 Å². The van der Waals surface area contributed by atoms with Gasteiger partial charge in [-0.1, -0.05) is 48.5 Å². The molecule has 3 aliphatic rings. The lowest BCUT2D eigenvalue weighted by molar-refractivity contribution is -0.384. The maximum Gasteiger partial charge on any atom is 0.411 e. The maximum atomic E-state index is 13.3. The van der Waals surface area contributed by atoms with Crippen LogP contribution < -0.4 is 10.6 Å². The molecule has 4 atom stereocenters. The highest BCUT2D eigenvalue weighted by molar-refractivity contribution is 8.02. The number of carbonyl (C=O) groups is 4. The standard InChI is InChI=1S/C31H28N4O8S/c1-30-18-31(30,28(38)42-16-20-11-13-22(14-12-20)35(40)41)34-26(37)25(27(34)44-30)33-24(36)15-21-9-5-6-10-23(21)32-29(39)43-17-19-7-3-2-4-8-19/h2-14,25,27H,15-18H2,1H3,(H,32,39)(H,33,36)/t25-,27-,30?,31-/m1/s1. The third-order valence-corrected chi connectivity index (χ3v) is 9.89. The number of non-ortho nitro benzene ring substituents is 1. The number of esters is 1. The van der Waals surface area contributed by atoms with Crippen molar-refractivity contribution in [2.75, 3.05) is 5.32 Å². The number of nitrogens with one attached hydrogen (secondary N) is 2. The molecule has 1 saturated carbocycles. The number of hydrogen-bond acceptors (Lipinski definition) is 9. The van der Waals surface area contributed by atoms with E-state index in [1.807, 2.05) is 37.3 Å². The smallest absolute Gasteiger partial charge is 0.411 e. The summed E-state index contributed by atoms with van der Waals surface area (Å²) in [5.74, 6) is -1.30. The summed E-state index contributed by atoms with van der Waals surface area (Å²) in [7, 11) is 0. The summed E-state index contributed by atoms with van der Waals surface area (Å²) >= 11 is 1.46. The van der Waals surface area contributed by atoms with E-state index in [4.69, 9.17) is 9.47 Å². The molecule has 2 N–H and O–H groups in total. The van der Waals surface area contributed by atoms with Crippen LogP contribution in [0, 0.1) is 10.1 Å². The average molecular weight is 617 g/mol. The second kappa shape index (κ2) is 11.3. The van der Waals surface area contributed by atoms with Crippen LogP contribution in [0.4, 0.5) is 16.2 Å². The zero-order chi connectivity index (χ0) is 31.1. The molecule has 3 aromatic carbocycles. The van der Waals surface area contributed by atoms with Crippen LogP contribution >= 0.6 is 11.8 Å². The number of nitro benzene ring substituents is 1. The molecule has 13 heteroatoms. The first-order chi connectivity index (χ1) is 21.1. The molecule has 12 nitrogen and oxygen atoms in total. The molecule has 3 aromatic rings. The number of β-lactam (4-membered cyclic amide) rings is 1. The summed E-state index contributed by atoms with van der Waals surface area (Å²) < 4.78 is 10.3. The summed E-state index contributed by atoms with van der Waals surface area (Å²) in [6.45, 7) is 1.91. The molecule has 226 valence electrons. The van der Waals surface area contributed by atoms with E-state index in [0.29, 0.717) is 23.2 Å². The van der Waals surface area contributed by atoms with Crippen molar-refractivity contribution in [2.24, 2.45) is 0 Å². The molecule has 1 unspecified atom stereocenters. The lowest BCUT2D eigenvalue weighted by Gasteiger charge is -2.46. The Morgan fingerprint density at radius 3 is 2.36 bits per heavy atom. The second-order valence-electron chi connectivity index (χ2n) is 11.1. The average Bonchev–Trinajstić information content (AvgIpc) is 3.55. The van der Waals surface area contributed by atoms with Crippen molar-refractivity contribution in [3.05, 3.63) is 106 Å². The zero-order valence-corrected chi connectivity index (χ0v) is 24.4. The number of nitrogens with zero attached hydrogens (tertiary/aromatic N) is 2. The van der Waals surface area contributed by atoms with Gasteiger partial charge in [0.25, 0.3) is 5.69 Å². The highest BCUT2D eigenvalue weighted by Crippen LogP contribution is 2.72. The van der Waals surface area contributed by atoms with Crippen molar-refractivity contribution in [3.8, 4) is 0 Å². The minimum Gasteiger partial charge on any atom is -0.459 e. The maximum absolute atomic E-state index is 13.3. The van der Waals surface area contributed by atoms with Gasteiger partial charge in [0.05, 0.1) is 16.1 Å². The van der Waals surface area contributed by atoms with Gasteiger partial charge < -0.3 is 19.7 Å². The Morgan fingerprint density at radius 1 is 0.977 bits per heavy atom. The second-order valence-corrected chi connectivity index (χ2v) is 12.7. The fourth-order valence-corrected chi connectivity index (χ4v) is 7.66. The number of hydrogen-bond donors (Lipinski definition) is 2. The van der Waals surface area contributed by atoms with Crippen molar-refractivity contribution in [2.45, 2.75) is 54.7 Å². The highest BCUT2D eigenvalue weighted by atomic mass is 32.2. The quantitative estimate of drug-likeness (QED) is 0.149. The van der Waals surface area contributed by atoms with Gasteiger partial charge in [-0.05, 0) is 41.8 Å². The minimum absolute atomic E-state index is 0.0659. The fourth-order valence-electron chi connectivity index (χ4n) is 5.74. The summed E-state index contributed by atoms with van der Waals surface area (Å²) in [4.78, 5) is 63.8. The lowest BCUT2D eigenvalue weighted by atomic mass is 10.00. The Bertz CT molecular complexity index is 1650. The Morgan fingerprint density at radius 2 is 1.64 bits per heavy atom. The van der Waals surface area contributed by atoms with E-state index >= 15 is 0 Å². The van der Waals surface area contributed by atoms with Crippen LogP contribution in [0.3, 0.4) is 0 Å². The molecule has 6 rings (SSSR count). The van der Waals surface area contributed by atoms with E-state index in [2.05, 4.69) is 10.6 Å². The third-order valence-electron chi connectivity index (χ3n) is 8.17. The van der Waals surface area contributed by atoms with Crippen LogP contribution in [0.2, 0.25) is 0 Å². The van der Waals surface area contributed by atoms with Gasteiger partial charge in [0.15, 0.2) is 5.54 Å². The number of fused-ring (bicyclic) bond motifs is 3. The van der Waals surface area contributed by atoms with Crippen molar-refractivity contribution < 1.29 is 33.6 Å². The number of para-hydroxylation sites is 1. The topological polar surface area (TPSA) is 157 Å². The van der Waals surface area contributed by atoms with Crippen LogP contribution in [-0.2, 0) is 43.5 Å². The molecule has 2 saturated heterocycles.